The van der Waals surface area contributed by atoms with Gasteiger partial charge < -0.3 is 5.41 Å². The fourth-order valence-corrected chi connectivity index (χ4v) is 0.167. The Balaban J connectivity index is 3.90. The second-order valence-electron chi connectivity index (χ2n) is 2.45. The molecule has 0 aromatic carbocycles. The number of hydrogen-bond acceptors (Lipinski definition) is 1. The summed E-state index contributed by atoms with van der Waals surface area (Å²) in [5.74, 6) is 0.335. The molecule has 8 heavy (non-hydrogen) atoms. The van der Waals surface area contributed by atoms with Crippen molar-refractivity contribution in [2.75, 3.05) is 0 Å². The van der Waals surface area contributed by atoms with Crippen molar-refractivity contribution in [1.29, 1.82) is 5.41 Å². The van der Waals surface area contributed by atoms with E-state index in [1.54, 1.807) is 0 Å². The molecule has 0 amide bonds. The number of nitrogens with one attached hydrogen (secondary N) is 1. The summed E-state index contributed by atoms with van der Waals surface area (Å²) in [5, 5.41) is 6.88. The molecule has 0 bridgehead atoms. The third-order valence-electron chi connectivity index (χ3n) is 1.41. The second-order valence-corrected chi connectivity index (χ2v) is 3.26. The topological polar surface area (TPSA) is 23.9 Å². The summed E-state index contributed by atoms with van der Waals surface area (Å²) in [5.41, 5.74) is 0. The van der Waals surface area contributed by atoms with Gasteiger partial charge in [-0.15, -0.1) is 11.6 Å². The molecule has 0 radical (unpaired) electrons. The van der Waals surface area contributed by atoms with Crippen molar-refractivity contribution in [3.63, 3.8) is 0 Å². The van der Waals surface area contributed by atoms with E-state index in [4.69, 9.17) is 17.0 Å². The molecular weight excluding hydrogens is 122 g/mol. The first kappa shape index (κ1) is 7.96. The summed E-state index contributed by atoms with van der Waals surface area (Å²) in [6.07, 6.45) is 1.28. The van der Waals surface area contributed by atoms with Crippen molar-refractivity contribution < 1.29 is 0 Å². The number of alkyl halides is 1. The van der Waals surface area contributed by atoms with E-state index in [0.717, 1.165) is 0 Å². The maximum atomic E-state index is 6.88. The van der Waals surface area contributed by atoms with Crippen LogP contribution in [0.2, 0.25) is 0 Å². The maximum absolute atomic E-state index is 6.88. The van der Waals surface area contributed by atoms with Gasteiger partial charge in [0.1, 0.15) is 0 Å². The first-order chi connectivity index (χ1) is 3.50. The Morgan fingerprint density at radius 3 is 2.00 bits per heavy atom. The third-order valence-corrected chi connectivity index (χ3v) is 1.96. The molecule has 0 spiro atoms. The van der Waals surface area contributed by atoms with Crippen molar-refractivity contribution in [3.8, 4) is 0 Å². The van der Waals surface area contributed by atoms with Gasteiger partial charge in [0.05, 0.1) is 4.87 Å². The largest absolute Gasteiger partial charge is 0.311 e. The van der Waals surface area contributed by atoms with Gasteiger partial charge in [-0.25, -0.2) is 0 Å². The molecule has 1 nitrogen and oxygen atoms in total. The Morgan fingerprint density at radius 2 is 2.00 bits per heavy atom. The molecule has 0 heterocycles. The average molecular weight is 134 g/mol. The minimum Gasteiger partial charge on any atom is -0.311 e. The lowest BCUT2D eigenvalue weighted by atomic mass is 9.99. The zero-order chi connectivity index (χ0) is 6.78. The first-order valence-corrected chi connectivity index (χ1v) is 3.09. The molecule has 1 N–H and O–H groups in total. The monoisotopic (exact) mass is 133 g/mol. The van der Waals surface area contributed by atoms with E-state index in [0.29, 0.717) is 5.92 Å². The highest BCUT2D eigenvalue weighted by molar-refractivity contribution is 6.31. The molecule has 48 valence electrons. The molecule has 0 aromatic rings. The molecule has 0 aliphatic rings. The summed E-state index contributed by atoms with van der Waals surface area (Å²) in [6.45, 7) is 5.84. The highest BCUT2D eigenvalue weighted by Crippen LogP contribution is 2.20. The molecular formula is C6H12ClN. The van der Waals surface area contributed by atoms with Gasteiger partial charge >= 0.3 is 0 Å². The zero-order valence-corrected chi connectivity index (χ0v) is 6.29. The summed E-state index contributed by atoms with van der Waals surface area (Å²) in [7, 11) is 0. The minimum atomic E-state index is -0.444. The van der Waals surface area contributed by atoms with Gasteiger partial charge in [0.15, 0.2) is 0 Å². The standard InChI is InChI=1S/C6H12ClN/c1-5(2)6(3,7)4-8/h4-5,8H,1-3H3. The molecule has 0 aliphatic carbocycles. The molecule has 0 fully saturated rings. The van der Waals surface area contributed by atoms with Crippen LogP contribution in [-0.4, -0.2) is 11.1 Å². The Kier molecular flexibility index (Phi) is 2.48. The van der Waals surface area contributed by atoms with Crippen LogP contribution in [0.3, 0.4) is 0 Å². The maximum Gasteiger partial charge on any atom is 0.0784 e. The minimum absolute atomic E-state index is 0.335. The van der Waals surface area contributed by atoms with Crippen molar-refractivity contribution in [2.24, 2.45) is 5.92 Å². The van der Waals surface area contributed by atoms with E-state index in [1.807, 2.05) is 20.8 Å². The summed E-state index contributed by atoms with van der Waals surface area (Å²) in [6, 6.07) is 0. The predicted octanol–water partition coefficient (Wildman–Crippen LogP) is 2.29. The van der Waals surface area contributed by atoms with Crippen LogP contribution in [0.4, 0.5) is 0 Å². The second kappa shape index (κ2) is 2.49. The Bertz CT molecular complexity index is 86.5. The van der Waals surface area contributed by atoms with E-state index in [2.05, 4.69) is 0 Å². The highest BCUT2D eigenvalue weighted by atomic mass is 35.5. The third kappa shape index (κ3) is 1.83. The Hall–Kier alpha value is -0.0400. The normalized spacial score (nSPS) is 18.1. The summed E-state index contributed by atoms with van der Waals surface area (Å²) >= 11 is 5.81. The van der Waals surface area contributed by atoms with Gasteiger partial charge in [0.25, 0.3) is 0 Å². The van der Waals surface area contributed by atoms with Gasteiger partial charge in [0, 0.05) is 6.21 Å². The molecule has 0 aromatic heterocycles. The quantitative estimate of drug-likeness (QED) is 0.442. The fraction of sp³-hybridized carbons (Fsp3) is 0.833. The van der Waals surface area contributed by atoms with Gasteiger partial charge in [-0.1, -0.05) is 13.8 Å². The van der Waals surface area contributed by atoms with Crippen LogP contribution in [0, 0.1) is 11.3 Å². The summed E-state index contributed by atoms with van der Waals surface area (Å²) < 4.78 is 0. The molecule has 1 atom stereocenters. The average Bonchev–Trinajstić information content (AvgIpc) is 1.67. The Labute approximate surface area is 55.6 Å². The first-order valence-electron chi connectivity index (χ1n) is 2.71. The zero-order valence-electron chi connectivity index (χ0n) is 5.53. The predicted molar refractivity (Wildman–Crippen MR) is 37.9 cm³/mol. The smallest absolute Gasteiger partial charge is 0.0784 e. The van der Waals surface area contributed by atoms with Crippen molar-refractivity contribution in [2.45, 2.75) is 25.6 Å². The lowest BCUT2D eigenvalue weighted by molar-refractivity contribution is 0.571. The molecule has 0 saturated heterocycles. The van der Waals surface area contributed by atoms with Gasteiger partial charge in [0.2, 0.25) is 0 Å². The van der Waals surface area contributed by atoms with Crippen LogP contribution in [0.15, 0.2) is 0 Å². The van der Waals surface area contributed by atoms with Crippen LogP contribution >= 0.6 is 11.6 Å². The van der Waals surface area contributed by atoms with E-state index in [1.165, 1.54) is 6.21 Å². The van der Waals surface area contributed by atoms with Crippen LogP contribution < -0.4 is 0 Å². The lowest BCUT2D eigenvalue weighted by Gasteiger charge is -2.19. The van der Waals surface area contributed by atoms with Crippen LogP contribution in [-0.2, 0) is 0 Å². The molecule has 1 unspecified atom stereocenters. The lowest BCUT2D eigenvalue weighted by Crippen LogP contribution is -2.24. The van der Waals surface area contributed by atoms with Gasteiger partial charge in [-0.05, 0) is 12.8 Å². The van der Waals surface area contributed by atoms with Crippen molar-refractivity contribution in [1.82, 2.24) is 0 Å². The van der Waals surface area contributed by atoms with Crippen LogP contribution in [0.25, 0.3) is 0 Å². The van der Waals surface area contributed by atoms with Crippen LogP contribution in [0.1, 0.15) is 20.8 Å². The van der Waals surface area contributed by atoms with Crippen molar-refractivity contribution in [3.05, 3.63) is 0 Å². The van der Waals surface area contributed by atoms with Crippen molar-refractivity contribution >= 4 is 17.8 Å². The van der Waals surface area contributed by atoms with E-state index in [-0.39, 0.29) is 0 Å². The molecule has 2 heteroatoms. The fourth-order valence-electron chi connectivity index (χ4n) is 0.167. The molecule has 0 saturated carbocycles. The van der Waals surface area contributed by atoms with Gasteiger partial charge in [-0.3, -0.25) is 0 Å². The SMILES string of the molecule is CC(C)C(C)(Cl)C=N. The van der Waals surface area contributed by atoms with E-state index >= 15 is 0 Å². The van der Waals surface area contributed by atoms with E-state index in [9.17, 15) is 0 Å². The number of hydrogen-bond donors (Lipinski definition) is 1. The van der Waals surface area contributed by atoms with E-state index < -0.39 is 4.87 Å². The number of rotatable bonds is 2. The molecule has 0 rings (SSSR count). The molecule has 0 aliphatic heterocycles. The van der Waals surface area contributed by atoms with Crippen LogP contribution in [0.5, 0.6) is 0 Å². The number of halogens is 1. The highest BCUT2D eigenvalue weighted by Gasteiger charge is 2.21. The van der Waals surface area contributed by atoms with Gasteiger partial charge in [-0.2, -0.15) is 0 Å². The Morgan fingerprint density at radius 1 is 1.62 bits per heavy atom. The summed E-state index contributed by atoms with van der Waals surface area (Å²) in [4.78, 5) is -0.444.